The van der Waals surface area contributed by atoms with Gasteiger partial charge in [0.05, 0.1) is 17.5 Å². The summed E-state index contributed by atoms with van der Waals surface area (Å²) in [5.41, 5.74) is 4.71. The molecule has 0 saturated carbocycles. The SMILES string of the molecule is CCC(C)(NC(=O)c1cc(OC)cs1)C(N)=NO. The van der Waals surface area contributed by atoms with Gasteiger partial charge in [0.15, 0.2) is 5.84 Å². The predicted octanol–water partition coefficient (Wildman–Crippen LogP) is 1.40. The third-order valence-corrected chi connectivity index (χ3v) is 3.71. The number of amides is 1. The lowest BCUT2D eigenvalue weighted by molar-refractivity contribution is 0.0929. The van der Waals surface area contributed by atoms with E-state index in [1.165, 1.54) is 18.4 Å². The largest absolute Gasteiger partial charge is 0.496 e. The van der Waals surface area contributed by atoms with Crippen LogP contribution in [0.4, 0.5) is 0 Å². The molecule has 1 atom stereocenters. The topological polar surface area (TPSA) is 96.9 Å². The van der Waals surface area contributed by atoms with E-state index in [-0.39, 0.29) is 11.7 Å². The van der Waals surface area contributed by atoms with Gasteiger partial charge in [-0.15, -0.1) is 11.3 Å². The van der Waals surface area contributed by atoms with Crippen molar-refractivity contribution in [1.82, 2.24) is 5.32 Å². The first-order chi connectivity index (χ1) is 8.46. The van der Waals surface area contributed by atoms with Crippen LogP contribution in [0.3, 0.4) is 0 Å². The first kappa shape index (κ1) is 14.3. The molecule has 1 aromatic rings. The van der Waals surface area contributed by atoms with Gasteiger partial charge in [0.2, 0.25) is 0 Å². The number of hydrogen-bond donors (Lipinski definition) is 3. The predicted molar refractivity (Wildman–Crippen MR) is 70.4 cm³/mol. The normalized spacial score (nSPS) is 14.9. The van der Waals surface area contributed by atoms with Crippen molar-refractivity contribution in [3.05, 3.63) is 16.3 Å². The minimum absolute atomic E-state index is 0.0260. The van der Waals surface area contributed by atoms with Gasteiger partial charge >= 0.3 is 0 Å². The standard InChI is InChI=1S/C11H17N3O3S/c1-4-11(2,10(12)14-16)13-9(15)8-5-7(17-3)6-18-8/h5-6,16H,4H2,1-3H3,(H2,12,14)(H,13,15). The van der Waals surface area contributed by atoms with Crippen molar-refractivity contribution in [2.45, 2.75) is 25.8 Å². The summed E-state index contributed by atoms with van der Waals surface area (Å²) in [6, 6.07) is 1.64. The van der Waals surface area contributed by atoms with Crippen molar-refractivity contribution < 1.29 is 14.7 Å². The van der Waals surface area contributed by atoms with E-state index in [0.29, 0.717) is 17.0 Å². The van der Waals surface area contributed by atoms with Crippen molar-refractivity contribution in [1.29, 1.82) is 0 Å². The van der Waals surface area contributed by atoms with E-state index in [1.54, 1.807) is 18.4 Å². The third-order valence-electron chi connectivity index (χ3n) is 2.80. The van der Waals surface area contributed by atoms with Crippen LogP contribution in [0, 0.1) is 0 Å². The molecule has 0 saturated heterocycles. The van der Waals surface area contributed by atoms with Crippen LogP contribution in [0.25, 0.3) is 0 Å². The molecule has 7 heteroatoms. The van der Waals surface area contributed by atoms with E-state index in [9.17, 15) is 4.79 Å². The summed E-state index contributed by atoms with van der Waals surface area (Å²) in [7, 11) is 1.54. The average Bonchev–Trinajstić information content (AvgIpc) is 2.86. The highest BCUT2D eigenvalue weighted by Crippen LogP contribution is 2.22. The molecule has 0 bridgehead atoms. The van der Waals surface area contributed by atoms with Gasteiger partial charge in [-0.05, 0) is 13.3 Å². The van der Waals surface area contributed by atoms with E-state index in [1.807, 2.05) is 6.92 Å². The second-order valence-electron chi connectivity index (χ2n) is 3.98. The molecule has 0 aliphatic heterocycles. The molecule has 1 aromatic heterocycles. The minimum Gasteiger partial charge on any atom is -0.496 e. The Bertz CT molecular complexity index is 458. The molecule has 100 valence electrons. The number of hydrogen-bond acceptors (Lipinski definition) is 5. The Hall–Kier alpha value is -1.76. The zero-order valence-electron chi connectivity index (χ0n) is 10.6. The molecular formula is C11H17N3O3S. The number of carbonyl (C=O) groups excluding carboxylic acids is 1. The van der Waals surface area contributed by atoms with Gasteiger partial charge in [-0.3, -0.25) is 4.79 Å². The molecule has 0 radical (unpaired) electrons. The van der Waals surface area contributed by atoms with Crippen LogP contribution >= 0.6 is 11.3 Å². The quantitative estimate of drug-likeness (QED) is 0.326. The Labute approximate surface area is 109 Å². The van der Waals surface area contributed by atoms with Gasteiger partial charge in [-0.1, -0.05) is 12.1 Å². The smallest absolute Gasteiger partial charge is 0.262 e. The Kier molecular flexibility index (Phi) is 4.55. The first-order valence-corrected chi connectivity index (χ1v) is 6.27. The van der Waals surface area contributed by atoms with Crippen LogP contribution < -0.4 is 15.8 Å². The Morgan fingerprint density at radius 3 is 2.83 bits per heavy atom. The van der Waals surface area contributed by atoms with Gasteiger partial charge in [-0.25, -0.2) is 0 Å². The van der Waals surface area contributed by atoms with Gasteiger partial charge in [0.1, 0.15) is 5.75 Å². The number of methoxy groups -OCH3 is 1. The van der Waals surface area contributed by atoms with Crippen LogP contribution in [0.2, 0.25) is 0 Å². The minimum atomic E-state index is -0.872. The maximum atomic E-state index is 12.0. The van der Waals surface area contributed by atoms with E-state index in [4.69, 9.17) is 15.7 Å². The summed E-state index contributed by atoms with van der Waals surface area (Å²) in [5.74, 6) is 0.327. The number of thiophene rings is 1. The molecular weight excluding hydrogens is 254 g/mol. The molecule has 18 heavy (non-hydrogen) atoms. The van der Waals surface area contributed by atoms with Crippen molar-refractivity contribution in [2.75, 3.05) is 7.11 Å². The fourth-order valence-corrected chi connectivity index (χ4v) is 2.05. The fraction of sp³-hybridized carbons (Fsp3) is 0.455. The van der Waals surface area contributed by atoms with Crippen molar-refractivity contribution >= 4 is 23.1 Å². The molecule has 4 N–H and O–H groups in total. The number of carbonyl (C=O) groups is 1. The first-order valence-electron chi connectivity index (χ1n) is 5.40. The zero-order chi connectivity index (χ0) is 13.8. The van der Waals surface area contributed by atoms with Crippen LogP contribution in [0.15, 0.2) is 16.6 Å². The lowest BCUT2D eigenvalue weighted by Gasteiger charge is -2.27. The summed E-state index contributed by atoms with van der Waals surface area (Å²) in [6.45, 7) is 3.54. The maximum absolute atomic E-state index is 12.0. The molecule has 1 amide bonds. The summed E-state index contributed by atoms with van der Waals surface area (Å²) < 4.78 is 5.01. The van der Waals surface area contributed by atoms with E-state index in [2.05, 4.69) is 10.5 Å². The molecule has 1 unspecified atom stereocenters. The van der Waals surface area contributed by atoms with Crippen LogP contribution in [0.1, 0.15) is 29.9 Å². The summed E-state index contributed by atoms with van der Waals surface area (Å²) in [6.07, 6.45) is 0.511. The highest BCUT2D eigenvalue weighted by Gasteiger charge is 2.30. The van der Waals surface area contributed by atoms with Crippen LogP contribution in [-0.2, 0) is 0 Å². The summed E-state index contributed by atoms with van der Waals surface area (Å²) in [4.78, 5) is 12.5. The van der Waals surface area contributed by atoms with E-state index < -0.39 is 5.54 Å². The Morgan fingerprint density at radius 2 is 2.39 bits per heavy atom. The Balaban J connectivity index is 2.86. The number of oxime groups is 1. The monoisotopic (exact) mass is 271 g/mol. The van der Waals surface area contributed by atoms with Crippen molar-refractivity contribution in [3.63, 3.8) is 0 Å². The fourth-order valence-electron chi connectivity index (χ4n) is 1.30. The number of rotatable bonds is 5. The molecule has 6 nitrogen and oxygen atoms in total. The molecule has 0 spiro atoms. The highest BCUT2D eigenvalue weighted by molar-refractivity contribution is 7.12. The molecule has 0 aliphatic rings. The van der Waals surface area contributed by atoms with E-state index >= 15 is 0 Å². The highest BCUT2D eigenvalue weighted by atomic mass is 32.1. The lowest BCUT2D eigenvalue weighted by atomic mass is 9.97. The molecule has 0 fully saturated rings. The second kappa shape index (κ2) is 5.72. The number of amidine groups is 1. The molecule has 0 aliphatic carbocycles. The average molecular weight is 271 g/mol. The maximum Gasteiger partial charge on any atom is 0.262 e. The van der Waals surface area contributed by atoms with Crippen LogP contribution in [-0.4, -0.2) is 29.6 Å². The summed E-state index contributed by atoms with van der Waals surface area (Å²) >= 11 is 1.27. The number of ether oxygens (including phenoxy) is 1. The van der Waals surface area contributed by atoms with Crippen molar-refractivity contribution in [3.8, 4) is 5.75 Å². The second-order valence-corrected chi connectivity index (χ2v) is 4.89. The third kappa shape index (κ3) is 2.92. The van der Waals surface area contributed by atoms with Gasteiger partial charge < -0.3 is 21.0 Å². The zero-order valence-corrected chi connectivity index (χ0v) is 11.4. The van der Waals surface area contributed by atoms with Gasteiger partial charge in [-0.2, -0.15) is 0 Å². The molecule has 1 heterocycles. The number of nitrogens with zero attached hydrogens (tertiary/aromatic N) is 1. The van der Waals surface area contributed by atoms with Gasteiger partial charge in [0.25, 0.3) is 5.91 Å². The van der Waals surface area contributed by atoms with E-state index in [0.717, 1.165) is 0 Å². The number of nitrogens with two attached hydrogens (primary N) is 1. The van der Waals surface area contributed by atoms with Gasteiger partial charge in [0, 0.05) is 11.4 Å². The number of nitrogens with one attached hydrogen (secondary N) is 1. The lowest BCUT2D eigenvalue weighted by Crippen LogP contribution is -2.54. The Morgan fingerprint density at radius 1 is 1.72 bits per heavy atom. The molecule has 0 aromatic carbocycles. The van der Waals surface area contributed by atoms with Crippen molar-refractivity contribution in [2.24, 2.45) is 10.9 Å². The van der Waals surface area contributed by atoms with Crippen LogP contribution in [0.5, 0.6) is 5.75 Å². The summed E-state index contributed by atoms with van der Waals surface area (Å²) in [5, 5.41) is 16.2. The molecule has 1 rings (SSSR count).